The van der Waals surface area contributed by atoms with Crippen LogP contribution in [-0.2, 0) is 16.5 Å². The highest BCUT2D eigenvalue weighted by molar-refractivity contribution is 7.16. The molecule has 8 aromatic rings. The quantitative estimate of drug-likeness (QED) is 0.201. The van der Waals surface area contributed by atoms with Crippen molar-refractivity contribution in [2.75, 3.05) is 0 Å². The van der Waals surface area contributed by atoms with Crippen molar-refractivity contribution >= 4 is 75.7 Å². The van der Waals surface area contributed by atoms with Crippen LogP contribution in [0.2, 0.25) is 0 Å². The van der Waals surface area contributed by atoms with Gasteiger partial charge >= 0.3 is 34.2 Å². The summed E-state index contributed by atoms with van der Waals surface area (Å²) in [6.07, 6.45) is 0. The van der Waals surface area contributed by atoms with E-state index >= 15 is 0 Å². The third-order valence-electron chi connectivity index (χ3n) is 10.4. The number of benzene rings is 8. The molecule has 1 fully saturated rings. The van der Waals surface area contributed by atoms with Gasteiger partial charge < -0.3 is 16.5 Å². The van der Waals surface area contributed by atoms with Gasteiger partial charge in [-0.3, -0.25) is 0 Å². The van der Waals surface area contributed by atoms with Crippen LogP contribution in [0.4, 0.5) is 0 Å². The molecule has 0 radical (unpaired) electrons. The molecule has 0 unspecified atom stereocenters. The first-order valence-electron chi connectivity index (χ1n) is 18.9. The maximum absolute atomic E-state index is 8.43. The molecule has 8 aromatic carbocycles. The zero-order chi connectivity index (χ0) is 37.7. The second-order valence-electron chi connectivity index (χ2n) is 13.8. The molecule has 1 saturated heterocycles. The van der Waals surface area contributed by atoms with Crippen LogP contribution in [0, 0.1) is 0 Å². The van der Waals surface area contributed by atoms with E-state index in [4.69, 9.17) is 16.5 Å². The van der Waals surface area contributed by atoms with Gasteiger partial charge in [0.2, 0.25) is 0 Å². The Labute approximate surface area is 333 Å². The Morgan fingerprint density at radius 1 is 0.161 bits per heavy atom. The van der Waals surface area contributed by atoms with Gasteiger partial charge in [0.15, 0.2) is 0 Å². The molecule has 9 rings (SSSR count). The van der Waals surface area contributed by atoms with E-state index < -0.39 is 34.2 Å². The van der Waals surface area contributed by atoms with Gasteiger partial charge in [0.25, 0.3) is 0 Å². The standard InChI is InChI=1S/C48H40O4Si4/c1-9-25-41(26-10-1)53(42-27-11-2-12-28-42)49-54(43-29-13-3-14-30-43,44-31-15-4-16-32-44)51-56(47-37-21-7-22-38-47,48-39-23-8-24-40-48)52-55(50-53,45-33-17-5-18-34-45)46-35-19-6-20-36-46/h1-40H. The summed E-state index contributed by atoms with van der Waals surface area (Å²) in [4.78, 5) is 0. The van der Waals surface area contributed by atoms with Crippen molar-refractivity contribution < 1.29 is 16.5 Å². The summed E-state index contributed by atoms with van der Waals surface area (Å²) in [6, 6.07) is 84.2. The first-order chi connectivity index (χ1) is 27.7. The molecule has 1 heterocycles. The smallest absolute Gasteiger partial charge is 0.390 e. The molecule has 4 nitrogen and oxygen atoms in total. The average Bonchev–Trinajstić information content (AvgIpc) is 3.29. The van der Waals surface area contributed by atoms with Crippen LogP contribution in [0.5, 0.6) is 0 Å². The molecule has 0 N–H and O–H groups in total. The fraction of sp³-hybridized carbons (Fsp3) is 0. The maximum atomic E-state index is 8.43. The van der Waals surface area contributed by atoms with E-state index in [1.165, 1.54) is 0 Å². The van der Waals surface area contributed by atoms with E-state index in [0.717, 1.165) is 41.5 Å². The molecule has 0 aliphatic carbocycles. The molecule has 0 saturated carbocycles. The third-order valence-corrected chi connectivity index (χ3v) is 28.3. The Balaban J connectivity index is 1.50. The van der Waals surface area contributed by atoms with Crippen molar-refractivity contribution in [3.8, 4) is 0 Å². The minimum Gasteiger partial charge on any atom is -0.402 e. The zero-order valence-corrected chi connectivity index (χ0v) is 34.7. The molecule has 272 valence electrons. The second kappa shape index (κ2) is 15.5. The highest BCUT2D eigenvalue weighted by Gasteiger charge is 2.67. The first kappa shape index (κ1) is 36.1. The lowest BCUT2D eigenvalue weighted by atomic mass is 10.4. The Bertz CT molecular complexity index is 1940. The summed E-state index contributed by atoms with van der Waals surface area (Å²) >= 11 is 0. The highest BCUT2D eigenvalue weighted by atomic mass is 28.5. The fourth-order valence-electron chi connectivity index (χ4n) is 7.76. The number of hydrogen-bond donors (Lipinski definition) is 0. The van der Waals surface area contributed by atoms with E-state index in [9.17, 15) is 0 Å². The molecule has 8 heteroatoms. The predicted octanol–water partition coefficient (Wildman–Crippen LogP) is 5.09. The van der Waals surface area contributed by atoms with E-state index in [0.29, 0.717) is 0 Å². The van der Waals surface area contributed by atoms with Crippen LogP contribution in [0.25, 0.3) is 0 Å². The predicted molar refractivity (Wildman–Crippen MR) is 236 cm³/mol. The van der Waals surface area contributed by atoms with Gasteiger partial charge in [0.05, 0.1) is 0 Å². The minimum absolute atomic E-state index is 0.972. The molecular weight excluding hydrogens is 753 g/mol. The normalized spacial score (nSPS) is 16.9. The summed E-state index contributed by atoms with van der Waals surface area (Å²) in [7, 11) is -15.6. The molecule has 1 aliphatic heterocycles. The molecular formula is C48H40O4Si4. The van der Waals surface area contributed by atoms with Gasteiger partial charge in [-0.05, 0) is 41.5 Å². The summed E-state index contributed by atoms with van der Waals surface area (Å²) in [5, 5.41) is 7.77. The van der Waals surface area contributed by atoms with Crippen molar-refractivity contribution in [1.82, 2.24) is 0 Å². The van der Waals surface area contributed by atoms with E-state index in [2.05, 4.69) is 194 Å². The molecule has 0 atom stereocenters. The lowest BCUT2D eigenvalue weighted by molar-refractivity contribution is 0.268. The lowest BCUT2D eigenvalue weighted by Gasteiger charge is -2.53. The SMILES string of the molecule is c1ccc([Si]2(c3ccccc3)O[Si](c3ccccc3)(c3ccccc3)O[Si](c3ccccc3)(c3ccccc3)O[Si](c3ccccc3)(c3ccccc3)O2)cc1. The van der Waals surface area contributed by atoms with Crippen LogP contribution in [0.3, 0.4) is 0 Å². The van der Waals surface area contributed by atoms with Crippen LogP contribution < -0.4 is 41.5 Å². The van der Waals surface area contributed by atoms with Crippen LogP contribution in [0.1, 0.15) is 0 Å². The first-order valence-corrected chi connectivity index (χ1v) is 26.2. The summed E-state index contributed by atoms with van der Waals surface area (Å²) < 4.78 is 33.7. The summed E-state index contributed by atoms with van der Waals surface area (Å²) in [6.45, 7) is 0. The van der Waals surface area contributed by atoms with Crippen molar-refractivity contribution in [1.29, 1.82) is 0 Å². The van der Waals surface area contributed by atoms with Crippen LogP contribution >= 0.6 is 0 Å². The molecule has 0 bridgehead atoms. The third kappa shape index (κ3) is 6.42. The highest BCUT2D eigenvalue weighted by Crippen LogP contribution is 2.32. The van der Waals surface area contributed by atoms with Crippen LogP contribution in [-0.4, -0.2) is 34.2 Å². The van der Waals surface area contributed by atoms with Gasteiger partial charge in [-0.15, -0.1) is 0 Å². The summed E-state index contributed by atoms with van der Waals surface area (Å²) in [5.74, 6) is 0. The topological polar surface area (TPSA) is 36.9 Å². The number of hydrogen-bond acceptors (Lipinski definition) is 4. The second-order valence-corrected chi connectivity index (χ2v) is 26.6. The van der Waals surface area contributed by atoms with Crippen molar-refractivity contribution in [2.45, 2.75) is 0 Å². The van der Waals surface area contributed by atoms with Crippen molar-refractivity contribution in [2.24, 2.45) is 0 Å². The van der Waals surface area contributed by atoms with Gasteiger partial charge in [-0.25, -0.2) is 0 Å². The zero-order valence-electron chi connectivity index (χ0n) is 30.7. The largest absolute Gasteiger partial charge is 0.402 e. The molecule has 0 spiro atoms. The minimum atomic E-state index is -3.89. The van der Waals surface area contributed by atoms with Crippen molar-refractivity contribution in [3.63, 3.8) is 0 Å². The monoisotopic (exact) mass is 792 g/mol. The van der Waals surface area contributed by atoms with Gasteiger partial charge in [-0.2, -0.15) is 0 Å². The Kier molecular flexibility index (Phi) is 10.0. The summed E-state index contributed by atoms with van der Waals surface area (Å²) in [5.41, 5.74) is 0. The van der Waals surface area contributed by atoms with Gasteiger partial charge in [-0.1, -0.05) is 243 Å². The lowest BCUT2D eigenvalue weighted by Crippen LogP contribution is -2.88. The van der Waals surface area contributed by atoms with E-state index in [1.807, 2.05) is 48.5 Å². The molecule has 1 aliphatic rings. The van der Waals surface area contributed by atoms with E-state index in [-0.39, 0.29) is 0 Å². The van der Waals surface area contributed by atoms with Crippen molar-refractivity contribution in [3.05, 3.63) is 243 Å². The Morgan fingerprint density at radius 3 is 0.375 bits per heavy atom. The maximum Gasteiger partial charge on any atom is 0.390 e. The van der Waals surface area contributed by atoms with Crippen LogP contribution in [0.15, 0.2) is 243 Å². The van der Waals surface area contributed by atoms with E-state index in [1.54, 1.807) is 0 Å². The Hall–Kier alpha value is -5.53. The number of rotatable bonds is 8. The molecule has 0 amide bonds. The van der Waals surface area contributed by atoms with Gasteiger partial charge in [0, 0.05) is 0 Å². The molecule has 0 aromatic heterocycles. The Morgan fingerprint density at radius 2 is 0.268 bits per heavy atom. The average molecular weight is 793 g/mol. The molecule has 56 heavy (non-hydrogen) atoms. The van der Waals surface area contributed by atoms with Gasteiger partial charge in [0.1, 0.15) is 0 Å². The fourth-order valence-corrected chi connectivity index (χ4v) is 30.3.